The molecule has 0 radical (unpaired) electrons. The van der Waals surface area contributed by atoms with Gasteiger partial charge >= 0.3 is 64.7 Å². The maximum absolute atomic E-state index is 3.92. The Kier molecular flexibility index (Phi) is 2.27. The van der Waals surface area contributed by atoms with Gasteiger partial charge in [0.15, 0.2) is 0 Å². The zero-order valence-corrected chi connectivity index (χ0v) is 9.96. The molecule has 1 aromatic heterocycles. The average molecular weight is 294 g/mol. The number of hydrogen-bond donors (Lipinski definition) is 1. The Hall–Kier alpha value is -0.115. The van der Waals surface area contributed by atoms with Crippen LogP contribution in [-0.2, 0) is 26.4 Å². The van der Waals surface area contributed by atoms with Crippen molar-refractivity contribution >= 4 is 5.69 Å². The summed E-state index contributed by atoms with van der Waals surface area (Å²) in [5, 5.41) is 0. The molecule has 1 N–H and O–H groups in total. The predicted molar refractivity (Wildman–Crippen MR) is 27.9 cm³/mol. The fraction of sp³-hybridized carbons (Fsp3) is 0. The first kappa shape index (κ1) is 6.01. The molecule has 8 heavy (non-hydrogen) atoms. The Morgan fingerprint density at radius 1 is 1.62 bits per heavy atom. The predicted octanol–water partition coefficient (Wildman–Crippen LogP) is 0.955. The van der Waals surface area contributed by atoms with Crippen molar-refractivity contribution in [3.8, 4) is 0 Å². The first-order valence-corrected chi connectivity index (χ1v) is 5.11. The number of nitrogens with zero attached hydrogens (tertiary/aromatic N) is 1. The number of rotatable bonds is 1. The van der Waals surface area contributed by atoms with Gasteiger partial charge in [-0.3, -0.25) is 0 Å². The molecule has 0 bridgehead atoms. The summed E-state index contributed by atoms with van der Waals surface area (Å²) in [6.45, 7) is 0. The van der Waals surface area contributed by atoms with Gasteiger partial charge in [-0.2, -0.15) is 0 Å². The molecule has 1 rings (SSSR count). The molecule has 0 amide bonds. The molecular weight excluding hydrogens is 289 g/mol. The van der Waals surface area contributed by atoms with Gasteiger partial charge < -0.3 is 0 Å². The van der Waals surface area contributed by atoms with Crippen LogP contribution in [0.1, 0.15) is 0 Å². The zero-order valence-electron chi connectivity index (χ0n) is 4.46. The first-order chi connectivity index (χ1) is 3.93. The van der Waals surface area contributed by atoms with Crippen LogP contribution in [-0.4, -0.2) is 4.98 Å². The second kappa shape index (κ2) is 3.02. The number of aromatic nitrogens is 1. The number of hydrogen-bond acceptors (Lipinski definition) is 2. The van der Waals surface area contributed by atoms with Crippen LogP contribution in [0.25, 0.3) is 0 Å². The Morgan fingerprint density at radius 3 is 2.88 bits per heavy atom. The molecule has 0 aliphatic rings. The fourth-order valence-electron chi connectivity index (χ4n) is 0.467. The average Bonchev–Trinajstić information content (AvgIpc) is 1.90. The maximum atomic E-state index is 3.92. The van der Waals surface area contributed by atoms with E-state index >= 15 is 0 Å². The monoisotopic (exact) mass is 295 g/mol. The van der Waals surface area contributed by atoms with E-state index in [0.29, 0.717) is 26.4 Å². The summed E-state index contributed by atoms with van der Waals surface area (Å²) in [5.41, 5.74) is 1.14. The quantitative estimate of drug-likeness (QED) is 0.780. The fourth-order valence-corrected chi connectivity index (χ4v) is 1.28. The SMILES string of the molecule is [Hg+][NH]c1cccnc1. The molecule has 0 atom stereocenters. The van der Waals surface area contributed by atoms with Crippen LogP contribution in [0, 0.1) is 0 Å². The van der Waals surface area contributed by atoms with Crippen LogP contribution in [0.5, 0.6) is 0 Å². The van der Waals surface area contributed by atoms with Crippen molar-refractivity contribution in [1.82, 2.24) is 4.98 Å². The Balaban J connectivity index is 2.83. The van der Waals surface area contributed by atoms with E-state index in [1.165, 1.54) is 0 Å². The minimum atomic E-state index is 0.632. The molecule has 2 nitrogen and oxygen atoms in total. The molecule has 0 saturated carbocycles. The van der Waals surface area contributed by atoms with Crippen LogP contribution < -0.4 is 3.08 Å². The summed E-state index contributed by atoms with van der Waals surface area (Å²) in [7, 11) is 0. The van der Waals surface area contributed by atoms with Gasteiger partial charge in [-0.15, -0.1) is 0 Å². The summed E-state index contributed by atoms with van der Waals surface area (Å²) in [6.07, 6.45) is 3.60. The van der Waals surface area contributed by atoms with E-state index in [9.17, 15) is 0 Å². The van der Waals surface area contributed by atoms with Gasteiger partial charge in [0.2, 0.25) is 0 Å². The second-order valence-corrected chi connectivity index (χ2v) is 2.79. The van der Waals surface area contributed by atoms with E-state index in [4.69, 9.17) is 0 Å². The molecule has 0 aromatic carbocycles. The van der Waals surface area contributed by atoms with Crippen molar-refractivity contribution < 1.29 is 26.4 Å². The Labute approximate surface area is 64.7 Å². The van der Waals surface area contributed by atoms with Gasteiger partial charge in [0, 0.05) is 0 Å². The molecule has 0 aliphatic carbocycles. The van der Waals surface area contributed by atoms with Gasteiger partial charge in [0.05, 0.1) is 0 Å². The van der Waals surface area contributed by atoms with Crippen LogP contribution in [0.15, 0.2) is 24.5 Å². The molecule has 3 heteroatoms. The molecule has 0 aliphatic heterocycles. The summed E-state index contributed by atoms with van der Waals surface area (Å²) < 4.78 is 3.16. The van der Waals surface area contributed by atoms with E-state index in [-0.39, 0.29) is 0 Å². The van der Waals surface area contributed by atoms with Gasteiger partial charge in [-0.05, 0) is 0 Å². The molecule has 1 heterocycles. The molecule has 0 fully saturated rings. The van der Waals surface area contributed by atoms with E-state index in [0.717, 1.165) is 5.69 Å². The third-order valence-electron chi connectivity index (χ3n) is 0.866. The van der Waals surface area contributed by atoms with Crippen molar-refractivity contribution in [2.45, 2.75) is 0 Å². The molecule has 0 saturated heterocycles. The summed E-state index contributed by atoms with van der Waals surface area (Å²) in [5.74, 6) is 0. The van der Waals surface area contributed by atoms with Gasteiger partial charge in [-0.1, -0.05) is 0 Å². The number of nitrogens with one attached hydrogen (secondary N) is 1. The van der Waals surface area contributed by atoms with Gasteiger partial charge in [0.1, 0.15) is 0 Å². The van der Waals surface area contributed by atoms with Gasteiger partial charge in [0.25, 0.3) is 0 Å². The van der Waals surface area contributed by atoms with E-state index < -0.39 is 0 Å². The van der Waals surface area contributed by atoms with Crippen LogP contribution in [0.3, 0.4) is 0 Å². The van der Waals surface area contributed by atoms with Crippen LogP contribution in [0.4, 0.5) is 5.69 Å². The van der Waals surface area contributed by atoms with Crippen LogP contribution >= 0.6 is 0 Å². The van der Waals surface area contributed by atoms with E-state index in [1.807, 2.05) is 18.3 Å². The third-order valence-corrected chi connectivity index (χ3v) is 2.45. The molecular formula is C5H5HgN2+. The standard InChI is InChI=1S/C5H5N2.Hg/c6-5-2-1-3-7-4-5;/h1-4,6H;/q-1;+2. The second-order valence-electron chi connectivity index (χ2n) is 1.42. The zero-order chi connectivity index (χ0) is 5.82. The van der Waals surface area contributed by atoms with Crippen molar-refractivity contribution in [2.75, 3.05) is 3.08 Å². The normalized spacial score (nSPS) is 8.75. The Bertz CT molecular complexity index is 152. The topological polar surface area (TPSA) is 24.9 Å². The van der Waals surface area contributed by atoms with Crippen molar-refractivity contribution in [1.29, 1.82) is 0 Å². The van der Waals surface area contributed by atoms with Gasteiger partial charge in [-0.25, -0.2) is 0 Å². The number of anilines is 1. The van der Waals surface area contributed by atoms with Crippen molar-refractivity contribution in [3.05, 3.63) is 24.5 Å². The molecule has 0 unspecified atom stereocenters. The number of pyridine rings is 1. The summed E-state index contributed by atoms with van der Waals surface area (Å²) in [6, 6.07) is 3.94. The summed E-state index contributed by atoms with van der Waals surface area (Å²) in [4.78, 5) is 3.92. The minimum absolute atomic E-state index is 0.632. The molecule has 36 valence electrons. The van der Waals surface area contributed by atoms with Crippen LogP contribution in [0.2, 0.25) is 0 Å². The first-order valence-electron chi connectivity index (χ1n) is 2.36. The van der Waals surface area contributed by atoms with Crippen molar-refractivity contribution in [3.63, 3.8) is 0 Å². The third kappa shape index (κ3) is 1.44. The van der Waals surface area contributed by atoms with Crippen molar-refractivity contribution in [2.24, 2.45) is 0 Å². The van der Waals surface area contributed by atoms with E-state index in [2.05, 4.69) is 8.06 Å². The summed E-state index contributed by atoms with van der Waals surface area (Å²) >= 11 is 0.632. The Morgan fingerprint density at radius 2 is 2.50 bits per heavy atom. The molecule has 0 spiro atoms. The molecule has 1 aromatic rings. The van der Waals surface area contributed by atoms with E-state index in [1.54, 1.807) is 6.20 Å².